The Morgan fingerprint density at radius 1 is 1.75 bits per heavy atom. The average Bonchev–Trinajstić information content (AvgIpc) is 2.05. The van der Waals surface area contributed by atoms with Crippen molar-refractivity contribution in [3.8, 4) is 0 Å². The predicted octanol–water partition coefficient (Wildman–Crippen LogP) is 1.99. The second kappa shape index (κ2) is 3.84. The van der Waals surface area contributed by atoms with Gasteiger partial charge in [0, 0.05) is 11.8 Å². The standard InChI is InChI=1S/C8H10IN3/c1-2-5-3-6(7(9)10)8(11)12-4-5/h3-4,10H,2H2,1H3,(H2,11,12). The van der Waals surface area contributed by atoms with Gasteiger partial charge in [-0.05, 0) is 40.6 Å². The van der Waals surface area contributed by atoms with E-state index in [1.165, 1.54) is 0 Å². The highest BCUT2D eigenvalue weighted by Crippen LogP contribution is 2.14. The number of nitrogens with one attached hydrogen (secondary N) is 1. The zero-order chi connectivity index (χ0) is 9.14. The van der Waals surface area contributed by atoms with E-state index >= 15 is 0 Å². The van der Waals surface area contributed by atoms with E-state index in [1.54, 1.807) is 6.20 Å². The molecule has 0 spiro atoms. The molecule has 1 heterocycles. The molecule has 0 amide bonds. The first-order valence-corrected chi connectivity index (χ1v) is 4.71. The molecule has 0 saturated heterocycles. The highest BCUT2D eigenvalue weighted by atomic mass is 127. The first-order valence-electron chi connectivity index (χ1n) is 3.64. The molecule has 3 nitrogen and oxygen atoms in total. The Morgan fingerprint density at radius 2 is 2.42 bits per heavy atom. The number of rotatable bonds is 2. The van der Waals surface area contributed by atoms with Crippen LogP contribution in [-0.2, 0) is 6.42 Å². The molecule has 0 atom stereocenters. The van der Waals surface area contributed by atoms with Crippen molar-refractivity contribution in [2.75, 3.05) is 5.73 Å². The molecule has 1 aromatic rings. The first kappa shape index (κ1) is 9.44. The summed E-state index contributed by atoms with van der Waals surface area (Å²) in [5.41, 5.74) is 7.43. The van der Waals surface area contributed by atoms with E-state index in [2.05, 4.69) is 4.98 Å². The minimum atomic E-state index is 0.437. The van der Waals surface area contributed by atoms with Gasteiger partial charge in [0.2, 0.25) is 0 Å². The summed E-state index contributed by atoms with van der Waals surface area (Å²) in [5, 5.41) is 7.41. The average molecular weight is 275 g/mol. The molecule has 0 aliphatic carbocycles. The van der Waals surface area contributed by atoms with Crippen LogP contribution in [0, 0.1) is 5.41 Å². The van der Waals surface area contributed by atoms with Gasteiger partial charge in [-0.15, -0.1) is 0 Å². The topological polar surface area (TPSA) is 62.8 Å². The maximum Gasteiger partial charge on any atom is 0.133 e. The second-order valence-electron chi connectivity index (χ2n) is 2.44. The van der Waals surface area contributed by atoms with Crippen LogP contribution in [0.1, 0.15) is 18.1 Å². The van der Waals surface area contributed by atoms with Crippen molar-refractivity contribution in [2.24, 2.45) is 0 Å². The van der Waals surface area contributed by atoms with Gasteiger partial charge >= 0.3 is 0 Å². The molecule has 0 aromatic carbocycles. The maximum absolute atomic E-state index is 7.41. The van der Waals surface area contributed by atoms with Crippen molar-refractivity contribution in [2.45, 2.75) is 13.3 Å². The zero-order valence-corrected chi connectivity index (χ0v) is 8.92. The summed E-state index contributed by atoms with van der Waals surface area (Å²) in [6.07, 6.45) is 2.67. The molecule has 0 aliphatic heterocycles. The van der Waals surface area contributed by atoms with Crippen LogP contribution >= 0.6 is 22.6 Å². The molecule has 0 fully saturated rings. The number of nitrogen functional groups attached to an aromatic ring is 1. The van der Waals surface area contributed by atoms with E-state index in [4.69, 9.17) is 11.1 Å². The maximum atomic E-state index is 7.41. The Kier molecular flexibility index (Phi) is 3.02. The molecule has 0 saturated carbocycles. The molecular formula is C8H10IN3. The fourth-order valence-corrected chi connectivity index (χ4v) is 1.32. The van der Waals surface area contributed by atoms with Crippen molar-refractivity contribution < 1.29 is 0 Å². The van der Waals surface area contributed by atoms with Gasteiger partial charge in [0.1, 0.15) is 9.54 Å². The van der Waals surface area contributed by atoms with Gasteiger partial charge in [0.15, 0.2) is 0 Å². The van der Waals surface area contributed by atoms with Crippen molar-refractivity contribution in [3.63, 3.8) is 0 Å². The van der Waals surface area contributed by atoms with Crippen LogP contribution in [0.3, 0.4) is 0 Å². The summed E-state index contributed by atoms with van der Waals surface area (Å²) in [7, 11) is 0. The monoisotopic (exact) mass is 275 g/mol. The summed E-state index contributed by atoms with van der Waals surface area (Å²) in [5.74, 6) is 0.437. The number of halogens is 1. The van der Waals surface area contributed by atoms with E-state index in [0.717, 1.165) is 17.5 Å². The lowest BCUT2D eigenvalue weighted by atomic mass is 10.1. The third-order valence-electron chi connectivity index (χ3n) is 1.62. The summed E-state index contributed by atoms with van der Waals surface area (Å²) in [6.45, 7) is 2.05. The molecular weight excluding hydrogens is 265 g/mol. The minimum absolute atomic E-state index is 0.437. The number of nitrogens with zero attached hydrogens (tertiary/aromatic N) is 1. The lowest BCUT2D eigenvalue weighted by Crippen LogP contribution is -2.01. The van der Waals surface area contributed by atoms with E-state index < -0.39 is 0 Å². The Balaban J connectivity index is 3.17. The van der Waals surface area contributed by atoms with Crippen LogP contribution in [0.4, 0.5) is 5.82 Å². The fraction of sp³-hybridized carbons (Fsp3) is 0.250. The largest absolute Gasteiger partial charge is 0.383 e. The van der Waals surface area contributed by atoms with Crippen molar-refractivity contribution in [1.29, 1.82) is 5.41 Å². The summed E-state index contributed by atoms with van der Waals surface area (Å²) >= 11 is 1.93. The SMILES string of the molecule is CCc1cnc(N)c(C(=N)I)c1. The van der Waals surface area contributed by atoms with Crippen molar-refractivity contribution in [3.05, 3.63) is 23.4 Å². The number of aromatic nitrogens is 1. The van der Waals surface area contributed by atoms with Gasteiger partial charge in [0.05, 0.1) is 0 Å². The Morgan fingerprint density at radius 3 is 2.92 bits per heavy atom. The molecule has 1 rings (SSSR count). The molecule has 0 unspecified atom stereocenters. The normalized spacial score (nSPS) is 9.83. The van der Waals surface area contributed by atoms with E-state index in [9.17, 15) is 0 Å². The van der Waals surface area contributed by atoms with Crippen molar-refractivity contribution in [1.82, 2.24) is 4.98 Å². The van der Waals surface area contributed by atoms with E-state index in [0.29, 0.717) is 9.54 Å². The number of aryl methyl sites for hydroxylation is 1. The lowest BCUT2D eigenvalue weighted by molar-refractivity contribution is 1.10. The quantitative estimate of drug-likeness (QED) is 0.640. The van der Waals surface area contributed by atoms with Gasteiger partial charge in [0.25, 0.3) is 0 Å². The zero-order valence-electron chi connectivity index (χ0n) is 6.76. The van der Waals surface area contributed by atoms with Crippen molar-refractivity contribution >= 4 is 32.1 Å². The number of nitrogens with two attached hydrogens (primary N) is 1. The molecule has 64 valence electrons. The molecule has 0 bridgehead atoms. The predicted molar refractivity (Wildman–Crippen MR) is 58.9 cm³/mol. The van der Waals surface area contributed by atoms with Crippen LogP contribution in [-0.4, -0.2) is 8.70 Å². The number of hydrogen-bond donors (Lipinski definition) is 2. The minimum Gasteiger partial charge on any atom is -0.383 e. The first-order chi connectivity index (χ1) is 5.65. The van der Waals surface area contributed by atoms with Crippen LogP contribution in [0.15, 0.2) is 12.3 Å². The summed E-state index contributed by atoms with van der Waals surface area (Å²) in [6, 6.07) is 1.91. The molecule has 0 aliphatic rings. The van der Waals surface area contributed by atoms with Gasteiger partial charge in [-0.2, -0.15) is 0 Å². The van der Waals surface area contributed by atoms with Gasteiger partial charge in [-0.3, -0.25) is 5.41 Å². The smallest absolute Gasteiger partial charge is 0.133 e. The number of hydrogen-bond acceptors (Lipinski definition) is 3. The summed E-state index contributed by atoms with van der Waals surface area (Å²) in [4.78, 5) is 4.00. The van der Waals surface area contributed by atoms with Gasteiger partial charge in [-0.1, -0.05) is 6.92 Å². The molecule has 1 aromatic heterocycles. The number of pyridine rings is 1. The highest BCUT2D eigenvalue weighted by molar-refractivity contribution is 14.1. The second-order valence-corrected chi connectivity index (χ2v) is 3.52. The van der Waals surface area contributed by atoms with Crippen LogP contribution in [0.2, 0.25) is 0 Å². The molecule has 4 heteroatoms. The molecule has 3 N–H and O–H groups in total. The Hall–Kier alpha value is -0.650. The highest BCUT2D eigenvalue weighted by Gasteiger charge is 2.04. The molecule has 0 radical (unpaired) electrons. The fourth-order valence-electron chi connectivity index (χ4n) is 0.888. The third-order valence-corrected chi connectivity index (χ3v) is 2.20. The van der Waals surface area contributed by atoms with Crippen LogP contribution < -0.4 is 5.73 Å². The summed E-state index contributed by atoms with van der Waals surface area (Å²) < 4.78 is 0.438. The lowest BCUT2D eigenvalue weighted by Gasteiger charge is -2.03. The van der Waals surface area contributed by atoms with Gasteiger partial charge in [-0.25, -0.2) is 4.98 Å². The van der Waals surface area contributed by atoms with Gasteiger partial charge < -0.3 is 5.73 Å². The Bertz CT molecular complexity index is 309. The Labute approximate surface area is 85.0 Å². The van der Waals surface area contributed by atoms with Crippen LogP contribution in [0.5, 0.6) is 0 Å². The van der Waals surface area contributed by atoms with Crippen LogP contribution in [0.25, 0.3) is 0 Å². The van der Waals surface area contributed by atoms with E-state index in [1.807, 2.05) is 35.6 Å². The van der Waals surface area contributed by atoms with E-state index in [-0.39, 0.29) is 0 Å². The third kappa shape index (κ3) is 1.94. The molecule has 12 heavy (non-hydrogen) atoms. The number of anilines is 1.